The Hall–Kier alpha value is -2.38. The van der Waals surface area contributed by atoms with E-state index >= 15 is 0 Å². The van der Waals surface area contributed by atoms with Crippen LogP contribution < -0.4 is 5.32 Å². The summed E-state index contributed by atoms with van der Waals surface area (Å²) in [5.74, 6) is 0. The Kier molecular flexibility index (Phi) is 4.78. The molecule has 3 rings (SSSR count). The van der Waals surface area contributed by atoms with Crippen molar-refractivity contribution in [2.75, 3.05) is 5.32 Å². The molecular weight excluding hydrogens is 364 g/mol. The maximum Gasteiger partial charge on any atom is 0.437 e. The molecule has 0 spiro atoms. The van der Waals surface area contributed by atoms with Gasteiger partial charge in [-0.2, -0.15) is 0 Å². The van der Waals surface area contributed by atoms with E-state index in [1.54, 1.807) is 31.2 Å². The van der Waals surface area contributed by atoms with Crippen molar-refractivity contribution in [1.82, 2.24) is 0 Å². The molecule has 0 radical (unpaired) electrons. The normalized spacial score (nSPS) is 19.9. The Labute approximate surface area is 150 Å². The molecule has 0 aliphatic carbocycles. The zero-order valence-electron chi connectivity index (χ0n) is 13.3. The van der Waals surface area contributed by atoms with Crippen LogP contribution in [0.1, 0.15) is 18.9 Å². The average Bonchev–Trinajstić information content (AvgIpc) is 2.58. The summed E-state index contributed by atoms with van der Waals surface area (Å²) in [5.41, 5.74) is 1.29. The van der Waals surface area contributed by atoms with E-state index in [0.29, 0.717) is 22.0 Å². The topological polar surface area (TPSA) is 84.8 Å². The first-order chi connectivity index (χ1) is 11.9. The first-order valence-electron chi connectivity index (χ1n) is 7.51. The van der Waals surface area contributed by atoms with E-state index in [0.717, 1.165) is 0 Å². The minimum atomic E-state index is -3.45. The number of halogens is 1. The largest absolute Gasteiger partial charge is 0.437 e. The van der Waals surface area contributed by atoms with Crippen LogP contribution in [0.2, 0.25) is 5.02 Å². The van der Waals surface area contributed by atoms with Crippen LogP contribution in [0.25, 0.3) is 0 Å². The van der Waals surface area contributed by atoms with Gasteiger partial charge in [-0.25, -0.2) is 13.2 Å². The van der Waals surface area contributed by atoms with Gasteiger partial charge in [0.15, 0.2) is 9.84 Å². The SMILES string of the molecule is C[C@H]1C/C(=N\OC(=O)Nc2ccccc2)c2cc(Cl)ccc2S1(=O)=O. The van der Waals surface area contributed by atoms with Crippen molar-refractivity contribution in [2.45, 2.75) is 23.5 Å². The Bertz CT molecular complexity index is 942. The zero-order chi connectivity index (χ0) is 18.0. The summed E-state index contributed by atoms with van der Waals surface area (Å²) in [6, 6.07) is 13.2. The second-order valence-corrected chi connectivity index (χ2v) is 8.38. The Morgan fingerprint density at radius 2 is 1.96 bits per heavy atom. The molecule has 1 N–H and O–H groups in total. The molecule has 0 fully saturated rings. The van der Waals surface area contributed by atoms with Crippen molar-refractivity contribution in [3.63, 3.8) is 0 Å². The summed E-state index contributed by atoms with van der Waals surface area (Å²) in [7, 11) is -3.45. The van der Waals surface area contributed by atoms with Gasteiger partial charge in [0.1, 0.15) is 0 Å². The first kappa shape index (κ1) is 17.4. The molecule has 0 saturated heterocycles. The molecule has 1 amide bonds. The number of benzene rings is 2. The molecule has 1 aliphatic rings. The lowest BCUT2D eigenvalue weighted by molar-refractivity contribution is 0.166. The quantitative estimate of drug-likeness (QED) is 0.635. The van der Waals surface area contributed by atoms with Gasteiger partial charge in [0.2, 0.25) is 0 Å². The number of hydrogen-bond donors (Lipinski definition) is 1. The third kappa shape index (κ3) is 3.67. The van der Waals surface area contributed by atoms with Crippen molar-refractivity contribution in [2.24, 2.45) is 5.16 Å². The van der Waals surface area contributed by atoms with Gasteiger partial charge in [-0.3, -0.25) is 10.2 Å². The summed E-state index contributed by atoms with van der Waals surface area (Å²) < 4.78 is 24.8. The van der Waals surface area contributed by atoms with E-state index in [1.165, 1.54) is 18.2 Å². The van der Waals surface area contributed by atoms with Crippen LogP contribution in [0, 0.1) is 0 Å². The van der Waals surface area contributed by atoms with Crippen molar-refractivity contribution in [3.05, 3.63) is 59.1 Å². The molecule has 2 aromatic rings. The maximum atomic E-state index is 12.4. The van der Waals surface area contributed by atoms with Gasteiger partial charge >= 0.3 is 6.09 Å². The number of nitrogens with one attached hydrogen (secondary N) is 1. The van der Waals surface area contributed by atoms with E-state index < -0.39 is 21.2 Å². The van der Waals surface area contributed by atoms with Crippen LogP contribution in [0.4, 0.5) is 10.5 Å². The monoisotopic (exact) mass is 378 g/mol. The van der Waals surface area contributed by atoms with Gasteiger partial charge < -0.3 is 0 Å². The molecule has 1 atom stereocenters. The lowest BCUT2D eigenvalue weighted by Crippen LogP contribution is -2.30. The maximum absolute atomic E-state index is 12.4. The van der Waals surface area contributed by atoms with E-state index in [4.69, 9.17) is 16.4 Å². The number of para-hydroxylation sites is 1. The third-order valence-electron chi connectivity index (χ3n) is 3.83. The summed E-state index contributed by atoms with van der Waals surface area (Å²) in [4.78, 5) is 16.9. The fraction of sp³-hybridized carbons (Fsp3) is 0.176. The standard InChI is InChI=1S/C17H15ClN2O4S/c1-11-9-15(14-10-12(18)7-8-16(14)25(11,22)23)20-24-17(21)19-13-5-3-2-4-6-13/h2-8,10-11H,9H2,1H3,(H,19,21)/b20-15+/t11-/m0/s1. The Balaban J connectivity index is 1.86. The van der Waals surface area contributed by atoms with Gasteiger partial charge in [-0.05, 0) is 37.3 Å². The first-order valence-corrected chi connectivity index (χ1v) is 9.44. The number of amides is 1. The van der Waals surface area contributed by atoms with Gasteiger partial charge in [-0.1, -0.05) is 35.0 Å². The fourth-order valence-electron chi connectivity index (χ4n) is 2.53. The molecule has 0 bridgehead atoms. The fourth-order valence-corrected chi connectivity index (χ4v) is 4.25. The molecule has 1 aliphatic heterocycles. The smallest absolute Gasteiger partial charge is 0.297 e. The van der Waals surface area contributed by atoms with Crippen LogP contribution in [0.5, 0.6) is 0 Å². The van der Waals surface area contributed by atoms with Crippen molar-refractivity contribution in [1.29, 1.82) is 0 Å². The summed E-state index contributed by atoms with van der Waals surface area (Å²) >= 11 is 5.97. The number of oxime groups is 1. The molecule has 0 unspecified atom stereocenters. The predicted molar refractivity (Wildman–Crippen MR) is 95.8 cm³/mol. The van der Waals surface area contributed by atoms with Crippen molar-refractivity contribution < 1.29 is 18.0 Å². The second kappa shape index (κ2) is 6.85. The minimum Gasteiger partial charge on any atom is -0.297 e. The second-order valence-electron chi connectivity index (χ2n) is 5.61. The number of rotatable bonds is 2. The number of sulfone groups is 1. The van der Waals surface area contributed by atoms with Crippen molar-refractivity contribution >= 4 is 38.9 Å². The molecule has 8 heteroatoms. The van der Waals surface area contributed by atoms with Gasteiger partial charge in [0.25, 0.3) is 0 Å². The highest BCUT2D eigenvalue weighted by atomic mass is 35.5. The summed E-state index contributed by atoms with van der Waals surface area (Å²) in [6.07, 6.45) is -0.628. The van der Waals surface area contributed by atoms with Gasteiger partial charge in [0.05, 0.1) is 15.9 Å². The number of carbonyl (C=O) groups is 1. The Morgan fingerprint density at radius 3 is 2.68 bits per heavy atom. The lowest BCUT2D eigenvalue weighted by Gasteiger charge is -2.23. The van der Waals surface area contributed by atoms with Crippen LogP contribution in [-0.4, -0.2) is 25.5 Å². The molecule has 0 saturated carbocycles. The molecule has 2 aromatic carbocycles. The van der Waals surface area contributed by atoms with E-state index in [-0.39, 0.29) is 11.3 Å². The van der Waals surface area contributed by atoms with Crippen molar-refractivity contribution in [3.8, 4) is 0 Å². The van der Waals surface area contributed by atoms with Crippen LogP contribution >= 0.6 is 11.6 Å². The number of anilines is 1. The minimum absolute atomic E-state index is 0.133. The number of hydrogen-bond acceptors (Lipinski definition) is 5. The van der Waals surface area contributed by atoms with E-state index in [2.05, 4.69) is 10.5 Å². The number of fused-ring (bicyclic) bond motifs is 1. The highest BCUT2D eigenvalue weighted by Gasteiger charge is 2.34. The van der Waals surface area contributed by atoms with E-state index in [1.807, 2.05) is 6.07 Å². The highest BCUT2D eigenvalue weighted by molar-refractivity contribution is 7.92. The van der Waals surface area contributed by atoms with Crippen LogP contribution in [0.3, 0.4) is 0 Å². The highest BCUT2D eigenvalue weighted by Crippen LogP contribution is 2.32. The van der Waals surface area contributed by atoms with E-state index in [9.17, 15) is 13.2 Å². The van der Waals surface area contributed by atoms with Gasteiger partial charge in [0, 0.05) is 22.7 Å². The molecule has 25 heavy (non-hydrogen) atoms. The summed E-state index contributed by atoms with van der Waals surface area (Å²) in [6.45, 7) is 1.59. The molecular formula is C17H15ClN2O4S. The predicted octanol–water partition coefficient (Wildman–Crippen LogP) is 3.86. The lowest BCUT2D eigenvalue weighted by atomic mass is 10.1. The molecule has 0 aromatic heterocycles. The summed E-state index contributed by atoms with van der Waals surface area (Å²) in [5, 5.41) is 6.10. The Morgan fingerprint density at radius 1 is 1.24 bits per heavy atom. The van der Waals surface area contributed by atoms with Crippen LogP contribution in [-0.2, 0) is 14.7 Å². The van der Waals surface area contributed by atoms with Gasteiger partial charge in [-0.15, -0.1) is 0 Å². The van der Waals surface area contributed by atoms with Crippen LogP contribution in [0.15, 0.2) is 58.6 Å². The molecule has 130 valence electrons. The zero-order valence-corrected chi connectivity index (χ0v) is 14.8. The number of carbonyl (C=O) groups excluding carboxylic acids is 1. The third-order valence-corrected chi connectivity index (χ3v) is 6.26. The average molecular weight is 379 g/mol. The number of nitrogens with zero attached hydrogens (tertiary/aromatic N) is 1. The molecule has 1 heterocycles. The molecule has 6 nitrogen and oxygen atoms in total.